The molecule has 31 heavy (non-hydrogen) atoms. The van der Waals surface area contributed by atoms with Crippen LogP contribution in [0.25, 0.3) is 16.6 Å². The maximum Gasteiger partial charge on any atom is 0.130 e. The number of aromatic nitrogens is 4. The van der Waals surface area contributed by atoms with Gasteiger partial charge in [0, 0.05) is 42.9 Å². The summed E-state index contributed by atoms with van der Waals surface area (Å²) in [5.41, 5.74) is 1.86. The number of nitrogens with zero attached hydrogens (tertiary/aromatic N) is 6. The smallest absolute Gasteiger partial charge is 0.130 e. The van der Waals surface area contributed by atoms with Gasteiger partial charge in [-0.1, -0.05) is 0 Å². The van der Waals surface area contributed by atoms with Gasteiger partial charge in [0.1, 0.15) is 11.2 Å². The van der Waals surface area contributed by atoms with Crippen LogP contribution in [0.4, 0.5) is 5.82 Å². The Balaban J connectivity index is 1.35. The van der Waals surface area contributed by atoms with Gasteiger partial charge in [-0.25, -0.2) is 9.67 Å². The number of rotatable bonds is 4. The van der Waals surface area contributed by atoms with Crippen molar-refractivity contribution in [2.24, 2.45) is 11.3 Å². The molecule has 158 valence electrons. The molecule has 1 N–H and O–H groups in total. The zero-order valence-corrected chi connectivity index (χ0v) is 17.9. The summed E-state index contributed by atoms with van der Waals surface area (Å²) in [4.78, 5) is 11.5. The zero-order valence-electron chi connectivity index (χ0n) is 17.9. The fraction of sp³-hybridized carbons (Fsp3) is 0.500. The summed E-state index contributed by atoms with van der Waals surface area (Å²) in [6.07, 6.45) is 9.63. The SMILES string of the molecule is CC(C)(O)[C@@H]1CCN(c2cc(-n3ncc4cnc([C@]5(C#N)CC56CC6)cc43)ccn2)C1. The molecule has 3 aromatic heterocycles. The standard InChI is InChI=1S/C24H26N6O/c1-22(2,31)17-4-8-29(13-17)21-9-18(3-7-26-21)30-19-10-20(27-11-16(19)12-28-30)24(15-25)14-23(24)5-6-23/h3,7,9-12,17,31H,4-6,8,13-14H2,1-2H3/t17-,24-/m1/s1. The van der Waals surface area contributed by atoms with Crippen molar-refractivity contribution < 1.29 is 5.11 Å². The van der Waals surface area contributed by atoms with Crippen molar-refractivity contribution in [3.8, 4) is 11.8 Å². The predicted molar refractivity (Wildman–Crippen MR) is 117 cm³/mol. The summed E-state index contributed by atoms with van der Waals surface area (Å²) < 4.78 is 1.92. The molecule has 2 saturated carbocycles. The van der Waals surface area contributed by atoms with E-state index in [2.05, 4.69) is 38.2 Å². The molecule has 1 aliphatic heterocycles. The second-order valence-corrected chi connectivity index (χ2v) is 10.1. The lowest BCUT2D eigenvalue weighted by Gasteiger charge is -2.26. The van der Waals surface area contributed by atoms with E-state index in [1.807, 2.05) is 43.2 Å². The Morgan fingerprint density at radius 2 is 2.06 bits per heavy atom. The van der Waals surface area contributed by atoms with Crippen LogP contribution in [0.5, 0.6) is 0 Å². The Morgan fingerprint density at radius 1 is 1.23 bits per heavy atom. The number of hydrogen-bond donors (Lipinski definition) is 1. The zero-order chi connectivity index (χ0) is 21.4. The molecule has 0 radical (unpaired) electrons. The lowest BCUT2D eigenvalue weighted by Crippen LogP contribution is -2.33. The van der Waals surface area contributed by atoms with Crippen LogP contribution in [0, 0.1) is 22.7 Å². The number of pyridine rings is 2. The molecule has 3 aliphatic rings. The quantitative estimate of drug-likeness (QED) is 0.704. The van der Waals surface area contributed by atoms with Crippen LogP contribution < -0.4 is 4.90 Å². The summed E-state index contributed by atoms with van der Waals surface area (Å²) in [7, 11) is 0. The van der Waals surface area contributed by atoms with Crippen LogP contribution >= 0.6 is 0 Å². The largest absolute Gasteiger partial charge is 0.390 e. The van der Waals surface area contributed by atoms with Crippen LogP contribution in [0.3, 0.4) is 0 Å². The fourth-order valence-corrected chi connectivity index (χ4v) is 5.41. The number of anilines is 1. The minimum Gasteiger partial charge on any atom is -0.390 e. The summed E-state index contributed by atoms with van der Waals surface area (Å²) in [6, 6.07) is 8.64. The minimum absolute atomic E-state index is 0.184. The number of aliphatic hydroxyl groups is 1. The highest BCUT2D eigenvalue weighted by molar-refractivity contribution is 5.80. The fourth-order valence-electron chi connectivity index (χ4n) is 5.41. The summed E-state index contributed by atoms with van der Waals surface area (Å²) in [5.74, 6) is 1.13. The van der Waals surface area contributed by atoms with Crippen LogP contribution in [0.1, 0.15) is 45.2 Å². The van der Waals surface area contributed by atoms with E-state index in [0.717, 1.165) is 66.9 Å². The van der Waals surface area contributed by atoms with Crippen molar-refractivity contribution in [1.82, 2.24) is 19.7 Å². The average molecular weight is 415 g/mol. The molecular weight excluding hydrogens is 388 g/mol. The maximum absolute atomic E-state index is 10.4. The molecule has 7 nitrogen and oxygen atoms in total. The first-order valence-corrected chi connectivity index (χ1v) is 11.0. The molecule has 3 aromatic rings. The van der Waals surface area contributed by atoms with Crippen molar-refractivity contribution in [2.75, 3.05) is 18.0 Å². The van der Waals surface area contributed by atoms with Crippen molar-refractivity contribution in [3.63, 3.8) is 0 Å². The predicted octanol–water partition coefficient (Wildman–Crippen LogP) is 3.36. The molecule has 0 unspecified atom stereocenters. The van der Waals surface area contributed by atoms with Crippen LogP contribution in [0.2, 0.25) is 0 Å². The first kappa shape index (κ1) is 18.8. The first-order valence-electron chi connectivity index (χ1n) is 11.0. The first-order chi connectivity index (χ1) is 14.9. The van der Waals surface area contributed by atoms with Crippen LogP contribution in [-0.2, 0) is 5.41 Å². The van der Waals surface area contributed by atoms with E-state index in [9.17, 15) is 10.4 Å². The highest BCUT2D eigenvalue weighted by Crippen LogP contribution is 2.78. The molecule has 4 heterocycles. The molecular formula is C24H26N6O. The Morgan fingerprint density at radius 3 is 2.74 bits per heavy atom. The van der Waals surface area contributed by atoms with Gasteiger partial charge >= 0.3 is 0 Å². The van der Waals surface area contributed by atoms with E-state index < -0.39 is 11.0 Å². The summed E-state index contributed by atoms with van der Waals surface area (Å²) in [6.45, 7) is 5.44. The average Bonchev–Trinajstić information content (AvgIpc) is 3.50. The molecule has 1 saturated heterocycles. The van der Waals surface area contributed by atoms with Crippen molar-refractivity contribution in [3.05, 3.63) is 42.5 Å². The molecule has 7 heteroatoms. The highest BCUT2D eigenvalue weighted by Gasteiger charge is 2.76. The van der Waals surface area contributed by atoms with E-state index in [-0.39, 0.29) is 11.3 Å². The van der Waals surface area contributed by atoms with Crippen LogP contribution in [0.15, 0.2) is 36.8 Å². The van der Waals surface area contributed by atoms with Crippen LogP contribution in [-0.4, -0.2) is 43.5 Å². The van der Waals surface area contributed by atoms with E-state index in [0.29, 0.717) is 0 Å². The lowest BCUT2D eigenvalue weighted by molar-refractivity contribution is 0.0263. The molecule has 0 bridgehead atoms. The van der Waals surface area contributed by atoms with Gasteiger partial charge in [-0.05, 0) is 57.1 Å². The third-order valence-corrected chi connectivity index (χ3v) is 7.80. The van der Waals surface area contributed by atoms with Gasteiger partial charge < -0.3 is 10.0 Å². The molecule has 0 amide bonds. The lowest BCUT2D eigenvalue weighted by atomic mass is 9.90. The molecule has 2 aliphatic carbocycles. The van der Waals surface area contributed by atoms with Gasteiger partial charge in [0.05, 0.1) is 34.8 Å². The van der Waals surface area contributed by atoms with Gasteiger partial charge in [0.25, 0.3) is 0 Å². The molecule has 0 aromatic carbocycles. The Kier molecular flexibility index (Phi) is 3.66. The van der Waals surface area contributed by atoms with Gasteiger partial charge in [-0.2, -0.15) is 10.4 Å². The number of fused-ring (bicyclic) bond motifs is 1. The minimum atomic E-state index is -0.688. The Labute approximate surface area is 181 Å². The topological polar surface area (TPSA) is 90.9 Å². The second kappa shape index (κ2) is 6.04. The van der Waals surface area contributed by atoms with Gasteiger partial charge in [0.2, 0.25) is 0 Å². The molecule has 6 rings (SSSR count). The van der Waals surface area contributed by atoms with Gasteiger partial charge in [-0.15, -0.1) is 0 Å². The van der Waals surface area contributed by atoms with E-state index >= 15 is 0 Å². The van der Waals surface area contributed by atoms with E-state index in [4.69, 9.17) is 0 Å². The highest BCUT2D eigenvalue weighted by atomic mass is 16.3. The van der Waals surface area contributed by atoms with Gasteiger partial charge in [0.15, 0.2) is 0 Å². The third-order valence-electron chi connectivity index (χ3n) is 7.80. The number of nitriles is 1. The number of hydrogen-bond acceptors (Lipinski definition) is 6. The van der Waals surface area contributed by atoms with Crippen molar-refractivity contribution in [2.45, 2.75) is 50.5 Å². The third kappa shape index (κ3) is 2.71. The van der Waals surface area contributed by atoms with Crippen molar-refractivity contribution in [1.29, 1.82) is 5.26 Å². The van der Waals surface area contributed by atoms with Gasteiger partial charge in [-0.3, -0.25) is 4.98 Å². The van der Waals surface area contributed by atoms with E-state index in [1.54, 1.807) is 0 Å². The van der Waals surface area contributed by atoms with E-state index in [1.165, 1.54) is 0 Å². The molecule has 3 fully saturated rings. The maximum atomic E-state index is 10.4. The Hall–Kier alpha value is -2.98. The molecule has 2 atom stereocenters. The Bertz CT molecular complexity index is 1230. The second-order valence-electron chi connectivity index (χ2n) is 10.1. The van der Waals surface area contributed by atoms with Crippen molar-refractivity contribution >= 4 is 16.7 Å². The monoisotopic (exact) mass is 414 g/mol. The summed E-state index contributed by atoms with van der Waals surface area (Å²) >= 11 is 0. The summed E-state index contributed by atoms with van der Waals surface area (Å²) in [5, 5.41) is 25.8. The molecule has 1 spiro atoms. The normalized spacial score (nSPS) is 26.4.